The molecule has 0 aliphatic carbocycles. The Bertz CT molecular complexity index is 1060. The first-order valence-corrected chi connectivity index (χ1v) is 9.95. The third kappa shape index (κ3) is 4.87. The molecule has 1 amide bonds. The number of carboxylic acids is 1. The molecule has 7 nitrogen and oxygen atoms in total. The number of hydrogen-bond acceptors (Lipinski definition) is 7. The van der Waals surface area contributed by atoms with Crippen LogP contribution in [0.15, 0.2) is 47.4 Å². The highest BCUT2D eigenvalue weighted by molar-refractivity contribution is 8.26. The number of aryl methyl sites for hydroxylation is 1. The fraction of sp³-hybridized carbons (Fsp3) is 0.143. The van der Waals surface area contributed by atoms with E-state index >= 15 is 0 Å². The minimum atomic E-state index is -1.14. The standard InChI is InChI=1S/C21H17NO6S2/c1-12-3-6-14(7-4-12)20(26)28-15-8-5-13(9-16(15)27-2)10-17-19(25)22(11-18(23)24)21(29)30-17/h3-10H,11H2,1-2H3,(H,23,24). The first kappa shape index (κ1) is 21.5. The van der Waals surface area contributed by atoms with E-state index in [0.29, 0.717) is 21.8 Å². The van der Waals surface area contributed by atoms with E-state index in [4.69, 9.17) is 26.8 Å². The summed E-state index contributed by atoms with van der Waals surface area (Å²) in [5.74, 6) is -1.59. The van der Waals surface area contributed by atoms with Crippen molar-refractivity contribution in [3.8, 4) is 11.5 Å². The average Bonchev–Trinajstić information content (AvgIpc) is 2.96. The van der Waals surface area contributed by atoms with Crippen LogP contribution in [0.4, 0.5) is 0 Å². The molecule has 0 bridgehead atoms. The van der Waals surface area contributed by atoms with Gasteiger partial charge in [-0.3, -0.25) is 14.5 Å². The quantitative estimate of drug-likeness (QED) is 0.314. The van der Waals surface area contributed by atoms with Gasteiger partial charge in [0.2, 0.25) is 0 Å². The lowest BCUT2D eigenvalue weighted by molar-refractivity contribution is -0.140. The SMILES string of the molecule is COc1cc(C=C2SC(=S)N(CC(=O)O)C2=O)ccc1OC(=O)c1ccc(C)cc1. The molecule has 1 aliphatic heterocycles. The van der Waals surface area contributed by atoms with Crippen LogP contribution in [0, 0.1) is 6.92 Å². The summed E-state index contributed by atoms with van der Waals surface area (Å²) >= 11 is 6.11. The van der Waals surface area contributed by atoms with Gasteiger partial charge in [0.25, 0.3) is 5.91 Å². The van der Waals surface area contributed by atoms with Crippen molar-refractivity contribution in [2.24, 2.45) is 0 Å². The number of thiocarbonyl (C=S) groups is 1. The van der Waals surface area contributed by atoms with Crippen LogP contribution in [-0.4, -0.2) is 45.8 Å². The minimum Gasteiger partial charge on any atom is -0.493 e. The number of carboxylic acid groups (broad SMARTS) is 1. The molecule has 2 aromatic carbocycles. The molecule has 0 atom stereocenters. The van der Waals surface area contributed by atoms with E-state index in [2.05, 4.69) is 0 Å². The lowest BCUT2D eigenvalue weighted by Crippen LogP contribution is -2.33. The maximum Gasteiger partial charge on any atom is 0.343 e. The summed E-state index contributed by atoms with van der Waals surface area (Å²) in [6.45, 7) is 1.44. The summed E-state index contributed by atoms with van der Waals surface area (Å²) in [5, 5.41) is 8.91. The average molecular weight is 444 g/mol. The van der Waals surface area contributed by atoms with E-state index in [9.17, 15) is 14.4 Å². The second-order valence-corrected chi connectivity index (χ2v) is 8.00. The van der Waals surface area contributed by atoms with Gasteiger partial charge in [0.15, 0.2) is 11.5 Å². The molecule has 0 unspecified atom stereocenters. The number of amides is 1. The normalized spacial score (nSPS) is 14.9. The van der Waals surface area contributed by atoms with Crippen LogP contribution in [0.2, 0.25) is 0 Å². The number of rotatable bonds is 6. The predicted molar refractivity (Wildman–Crippen MR) is 117 cm³/mol. The molecule has 0 radical (unpaired) electrons. The first-order valence-electron chi connectivity index (χ1n) is 8.72. The highest BCUT2D eigenvalue weighted by atomic mass is 32.2. The summed E-state index contributed by atoms with van der Waals surface area (Å²) in [5.41, 5.74) is 2.05. The molecule has 1 heterocycles. The molecule has 30 heavy (non-hydrogen) atoms. The lowest BCUT2D eigenvalue weighted by atomic mass is 10.1. The van der Waals surface area contributed by atoms with Crippen LogP contribution >= 0.6 is 24.0 Å². The number of thioether (sulfide) groups is 1. The number of carbonyl (C=O) groups excluding carboxylic acids is 2. The highest BCUT2D eigenvalue weighted by Gasteiger charge is 2.33. The Morgan fingerprint density at radius 2 is 1.87 bits per heavy atom. The Labute approximate surface area is 182 Å². The second kappa shape index (κ2) is 9.10. The van der Waals surface area contributed by atoms with Crippen LogP contribution in [0.1, 0.15) is 21.5 Å². The summed E-state index contributed by atoms with van der Waals surface area (Å²) in [6.07, 6.45) is 1.58. The van der Waals surface area contributed by atoms with Crippen molar-refractivity contribution < 1.29 is 29.0 Å². The third-order valence-corrected chi connectivity index (χ3v) is 5.52. The number of ether oxygens (including phenoxy) is 2. The number of benzene rings is 2. The van der Waals surface area contributed by atoms with Gasteiger partial charge in [-0.05, 0) is 42.8 Å². The van der Waals surface area contributed by atoms with E-state index in [1.54, 1.807) is 36.4 Å². The van der Waals surface area contributed by atoms with Gasteiger partial charge in [-0.25, -0.2) is 4.79 Å². The Balaban J connectivity index is 1.80. The number of carbonyl (C=O) groups is 3. The lowest BCUT2D eigenvalue weighted by Gasteiger charge is -2.11. The number of methoxy groups -OCH3 is 1. The zero-order valence-electron chi connectivity index (χ0n) is 16.1. The van der Waals surface area contributed by atoms with Crippen molar-refractivity contribution in [3.63, 3.8) is 0 Å². The minimum absolute atomic E-state index is 0.185. The highest BCUT2D eigenvalue weighted by Crippen LogP contribution is 2.34. The molecule has 0 spiro atoms. The maximum atomic E-state index is 12.4. The Kier molecular flexibility index (Phi) is 6.53. The molecule has 2 aromatic rings. The molecule has 154 valence electrons. The zero-order chi connectivity index (χ0) is 21.8. The predicted octanol–water partition coefficient (Wildman–Crippen LogP) is 3.51. The largest absolute Gasteiger partial charge is 0.493 e. The Morgan fingerprint density at radius 3 is 2.50 bits per heavy atom. The Hall–Kier alpha value is -3.17. The van der Waals surface area contributed by atoms with E-state index < -0.39 is 24.4 Å². The van der Waals surface area contributed by atoms with Gasteiger partial charge in [0.05, 0.1) is 17.6 Å². The zero-order valence-corrected chi connectivity index (χ0v) is 17.7. The monoisotopic (exact) mass is 443 g/mol. The molecular formula is C21H17NO6S2. The van der Waals surface area contributed by atoms with E-state index in [1.165, 1.54) is 7.11 Å². The van der Waals surface area contributed by atoms with Gasteiger partial charge >= 0.3 is 11.9 Å². The number of nitrogens with zero attached hydrogens (tertiary/aromatic N) is 1. The Morgan fingerprint density at radius 1 is 1.17 bits per heavy atom. The van der Waals surface area contributed by atoms with E-state index in [-0.39, 0.29) is 10.1 Å². The van der Waals surface area contributed by atoms with Gasteiger partial charge in [0, 0.05) is 0 Å². The van der Waals surface area contributed by atoms with Crippen LogP contribution in [0.25, 0.3) is 6.08 Å². The summed E-state index contributed by atoms with van der Waals surface area (Å²) in [6, 6.07) is 11.8. The van der Waals surface area contributed by atoms with Gasteiger partial charge in [-0.15, -0.1) is 0 Å². The molecule has 1 aliphatic rings. The number of aliphatic carboxylic acids is 1. The van der Waals surface area contributed by atoms with Crippen molar-refractivity contribution in [1.82, 2.24) is 4.90 Å². The van der Waals surface area contributed by atoms with E-state index in [0.717, 1.165) is 22.2 Å². The number of hydrogen-bond donors (Lipinski definition) is 1. The van der Waals surface area contributed by atoms with Crippen molar-refractivity contribution in [3.05, 3.63) is 64.1 Å². The smallest absolute Gasteiger partial charge is 0.343 e. The van der Waals surface area contributed by atoms with Crippen molar-refractivity contribution in [2.45, 2.75) is 6.92 Å². The second-order valence-electron chi connectivity index (χ2n) is 6.33. The van der Waals surface area contributed by atoms with Crippen LogP contribution in [0.5, 0.6) is 11.5 Å². The third-order valence-electron chi connectivity index (χ3n) is 4.14. The van der Waals surface area contributed by atoms with Crippen LogP contribution in [-0.2, 0) is 9.59 Å². The van der Waals surface area contributed by atoms with Gasteiger partial charge in [-0.1, -0.05) is 47.7 Å². The molecule has 0 aromatic heterocycles. The molecule has 9 heteroatoms. The van der Waals surface area contributed by atoms with Crippen molar-refractivity contribution in [1.29, 1.82) is 0 Å². The van der Waals surface area contributed by atoms with Crippen LogP contribution < -0.4 is 9.47 Å². The fourth-order valence-electron chi connectivity index (χ4n) is 2.63. The molecule has 1 fully saturated rings. The van der Waals surface area contributed by atoms with Gasteiger partial charge < -0.3 is 14.6 Å². The fourth-order valence-corrected chi connectivity index (χ4v) is 3.88. The first-order chi connectivity index (χ1) is 14.3. The number of esters is 1. The molecule has 3 rings (SSSR count). The molecule has 1 saturated heterocycles. The van der Waals surface area contributed by atoms with Crippen molar-refractivity contribution in [2.75, 3.05) is 13.7 Å². The topological polar surface area (TPSA) is 93.1 Å². The summed E-state index contributed by atoms with van der Waals surface area (Å²) in [7, 11) is 1.44. The van der Waals surface area contributed by atoms with Crippen molar-refractivity contribution >= 4 is 52.2 Å². The van der Waals surface area contributed by atoms with Gasteiger partial charge in [0.1, 0.15) is 10.9 Å². The molecule has 1 N–H and O–H groups in total. The summed E-state index contributed by atoms with van der Waals surface area (Å²) in [4.78, 5) is 37.0. The molecular weight excluding hydrogens is 426 g/mol. The van der Waals surface area contributed by atoms with E-state index in [1.807, 2.05) is 19.1 Å². The molecule has 0 saturated carbocycles. The maximum absolute atomic E-state index is 12.4. The summed E-state index contributed by atoms with van der Waals surface area (Å²) < 4.78 is 10.9. The van der Waals surface area contributed by atoms with Gasteiger partial charge in [-0.2, -0.15) is 0 Å². The van der Waals surface area contributed by atoms with Crippen LogP contribution in [0.3, 0.4) is 0 Å².